The minimum Gasteiger partial charge on any atom is -0.290 e. The van der Waals surface area contributed by atoms with Gasteiger partial charge in [-0.15, -0.1) is 0 Å². The molecule has 0 bridgehead atoms. The molecule has 0 atom stereocenters. The molecule has 11 heavy (non-hydrogen) atoms. The normalized spacial score (nSPS) is 11.3. The van der Waals surface area contributed by atoms with Gasteiger partial charge in [-0.3, -0.25) is 15.7 Å². The summed E-state index contributed by atoms with van der Waals surface area (Å²) >= 11 is 0. The molecule has 4 nitrogen and oxygen atoms in total. The van der Waals surface area contributed by atoms with Gasteiger partial charge in [-0.1, -0.05) is 0 Å². The summed E-state index contributed by atoms with van der Waals surface area (Å²) in [7, 11) is 0. The van der Waals surface area contributed by atoms with Gasteiger partial charge in [0.25, 0.3) is 0 Å². The Morgan fingerprint density at radius 1 is 1.55 bits per heavy atom. The summed E-state index contributed by atoms with van der Waals surface area (Å²) in [4.78, 5) is 7.82. The van der Waals surface area contributed by atoms with Gasteiger partial charge >= 0.3 is 0 Å². The van der Waals surface area contributed by atoms with Gasteiger partial charge in [0.05, 0.1) is 5.69 Å². The minimum atomic E-state index is 0.455. The molecule has 0 fully saturated rings. The summed E-state index contributed by atoms with van der Waals surface area (Å²) in [5.74, 6) is 0.455. The summed E-state index contributed by atoms with van der Waals surface area (Å²) in [5.41, 5.74) is 2.71. The lowest BCUT2D eigenvalue weighted by atomic mass is 10.4. The van der Waals surface area contributed by atoms with Crippen LogP contribution in [-0.4, -0.2) is 16.0 Å². The van der Waals surface area contributed by atoms with Crippen molar-refractivity contribution in [2.45, 2.75) is 6.92 Å². The van der Waals surface area contributed by atoms with Crippen molar-refractivity contribution in [3.63, 3.8) is 0 Å². The molecule has 1 rings (SSSR count). The van der Waals surface area contributed by atoms with E-state index in [-0.39, 0.29) is 0 Å². The van der Waals surface area contributed by atoms with E-state index in [2.05, 4.69) is 9.98 Å². The molecule has 0 aliphatic carbocycles. The maximum atomic E-state index is 8.40. The molecular weight excluding hydrogens is 142 g/mol. The van der Waals surface area contributed by atoms with Crippen LogP contribution in [0.2, 0.25) is 0 Å². The molecule has 0 unspecified atom stereocenters. The summed E-state index contributed by atoms with van der Waals surface area (Å²) in [5, 5.41) is 8.40. The Morgan fingerprint density at radius 2 is 2.18 bits per heavy atom. The standard InChI is InChI=1S/C7H9N3O/c1-6(10-11)9-7-2-4-8-5-3-7/h2-5,11H,1H3,(H,8,9,10). The van der Waals surface area contributed by atoms with Crippen molar-refractivity contribution in [1.82, 2.24) is 10.5 Å². The van der Waals surface area contributed by atoms with Crippen molar-refractivity contribution in [2.75, 3.05) is 0 Å². The molecule has 58 valence electrons. The van der Waals surface area contributed by atoms with E-state index in [4.69, 9.17) is 5.21 Å². The quantitative estimate of drug-likeness (QED) is 0.359. The number of hydrogen-bond acceptors (Lipinski definition) is 3. The monoisotopic (exact) mass is 151 g/mol. The fourth-order valence-corrected chi connectivity index (χ4v) is 0.637. The lowest BCUT2D eigenvalue weighted by Crippen LogP contribution is -2.13. The molecule has 1 aromatic heterocycles. The lowest BCUT2D eigenvalue weighted by Gasteiger charge is -1.95. The van der Waals surface area contributed by atoms with Crippen molar-refractivity contribution in [2.24, 2.45) is 4.99 Å². The maximum Gasteiger partial charge on any atom is 0.123 e. The highest BCUT2D eigenvalue weighted by Gasteiger charge is 1.87. The third kappa shape index (κ3) is 2.35. The Bertz CT molecular complexity index is 245. The molecule has 4 heteroatoms. The molecule has 0 aliphatic heterocycles. The van der Waals surface area contributed by atoms with E-state index in [0.717, 1.165) is 5.69 Å². The third-order valence-corrected chi connectivity index (χ3v) is 1.12. The zero-order valence-corrected chi connectivity index (χ0v) is 6.15. The van der Waals surface area contributed by atoms with Crippen molar-refractivity contribution in [3.05, 3.63) is 24.5 Å². The molecule has 0 saturated carbocycles. The van der Waals surface area contributed by atoms with Crippen molar-refractivity contribution >= 4 is 11.5 Å². The van der Waals surface area contributed by atoms with E-state index < -0.39 is 0 Å². The third-order valence-electron chi connectivity index (χ3n) is 1.12. The van der Waals surface area contributed by atoms with Crippen LogP contribution in [0.25, 0.3) is 0 Å². The van der Waals surface area contributed by atoms with Crippen molar-refractivity contribution in [1.29, 1.82) is 0 Å². The molecule has 0 aliphatic rings. The van der Waals surface area contributed by atoms with Crippen LogP contribution < -0.4 is 5.48 Å². The van der Waals surface area contributed by atoms with Crippen LogP contribution in [0.15, 0.2) is 29.5 Å². The average Bonchev–Trinajstić information content (AvgIpc) is 2.06. The molecule has 1 aromatic rings. The van der Waals surface area contributed by atoms with Gasteiger partial charge in [0.15, 0.2) is 0 Å². The second kappa shape index (κ2) is 3.68. The van der Waals surface area contributed by atoms with Gasteiger partial charge in [0, 0.05) is 12.4 Å². The van der Waals surface area contributed by atoms with E-state index in [9.17, 15) is 0 Å². The van der Waals surface area contributed by atoms with Crippen LogP contribution in [0.5, 0.6) is 0 Å². The van der Waals surface area contributed by atoms with E-state index in [1.165, 1.54) is 0 Å². The number of pyridine rings is 1. The molecule has 0 saturated heterocycles. The molecule has 0 spiro atoms. The average molecular weight is 151 g/mol. The fourth-order valence-electron chi connectivity index (χ4n) is 0.637. The first-order chi connectivity index (χ1) is 5.33. The van der Waals surface area contributed by atoms with Crippen LogP contribution in [0.4, 0.5) is 5.69 Å². The second-order valence-electron chi connectivity index (χ2n) is 2.01. The van der Waals surface area contributed by atoms with Crippen LogP contribution >= 0.6 is 0 Å². The fraction of sp³-hybridized carbons (Fsp3) is 0.143. The number of aliphatic imine (C=N–C) groups is 1. The van der Waals surface area contributed by atoms with Gasteiger partial charge in [-0.2, -0.15) is 0 Å². The molecular formula is C7H9N3O. The Kier molecular flexibility index (Phi) is 2.57. The topological polar surface area (TPSA) is 57.5 Å². The smallest absolute Gasteiger partial charge is 0.123 e. The zero-order valence-electron chi connectivity index (χ0n) is 6.15. The zero-order chi connectivity index (χ0) is 8.10. The molecule has 0 amide bonds. The number of rotatable bonds is 1. The number of aromatic nitrogens is 1. The Morgan fingerprint density at radius 3 is 2.73 bits per heavy atom. The number of amidine groups is 1. The highest BCUT2D eigenvalue weighted by Crippen LogP contribution is 2.07. The van der Waals surface area contributed by atoms with Gasteiger partial charge in [0.2, 0.25) is 0 Å². The number of hydrogen-bond donors (Lipinski definition) is 2. The molecule has 0 radical (unpaired) electrons. The Balaban J connectivity index is 2.79. The largest absolute Gasteiger partial charge is 0.290 e. The van der Waals surface area contributed by atoms with E-state index in [1.807, 2.05) is 5.48 Å². The first kappa shape index (κ1) is 7.68. The van der Waals surface area contributed by atoms with Gasteiger partial charge in [-0.05, 0) is 19.1 Å². The maximum absolute atomic E-state index is 8.40. The van der Waals surface area contributed by atoms with Crippen LogP contribution in [0.3, 0.4) is 0 Å². The summed E-state index contributed by atoms with van der Waals surface area (Å²) < 4.78 is 0. The van der Waals surface area contributed by atoms with Crippen LogP contribution in [0.1, 0.15) is 6.92 Å². The van der Waals surface area contributed by atoms with Crippen LogP contribution in [-0.2, 0) is 0 Å². The predicted molar refractivity (Wildman–Crippen MR) is 41.9 cm³/mol. The van der Waals surface area contributed by atoms with Gasteiger partial charge in [-0.25, -0.2) is 4.99 Å². The van der Waals surface area contributed by atoms with Gasteiger partial charge in [0.1, 0.15) is 5.84 Å². The van der Waals surface area contributed by atoms with Crippen molar-refractivity contribution in [3.8, 4) is 0 Å². The Labute approximate surface area is 64.6 Å². The first-order valence-corrected chi connectivity index (χ1v) is 3.18. The SMILES string of the molecule is CC(=Nc1ccncc1)NO. The summed E-state index contributed by atoms with van der Waals surface area (Å²) in [6, 6.07) is 3.50. The lowest BCUT2D eigenvalue weighted by molar-refractivity contribution is 0.234. The molecule has 2 N–H and O–H groups in total. The molecule has 0 aromatic carbocycles. The predicted octanol–water partition coefficient (Wildman–Crippen LogP) is 1.11. The minimum absolute atomic E-state index is 0.455. The van der Waals surface area contributed by atoms with Crippen LogP contribution in [0, 0.1) is 0 Å². The summed E-state index contributed by atoms with van der Waals surface area (Å²) in [6.07, 6.45) is 3.28. The van der Waals surface area contributed by atoms with E-state index in [1.54, 1.807) is 31.5 Å². The van der Waals surface area contributed by atoms with E-state index >= 15 is 0 Å². The second-order valence-corrected chi connectivity index (χ2v) is 2.01. The van der Waals surface area contributed by atoms with Gasteiger partial charge < -0.3 is 0 Å². The highest BCUT2D eigenvalue weighted by molar-refractivity contribution is 5.81. The number of nitrogens with zero attached hydrogens (tertiary/aromatic N) is 2. The highest BCUT2D eigenvalue weighted by atomic mass is 16.5. The summed E-state index contributed by atoms with van der Waals surface area (Å²) in [6.45, 7) is 1.67. The first-order valence-electron chi connectivity index (χ1n) is 3.18. The number of nitrogens with one attached hydrogen (secondary N) is 1. The Hall–Kier alpha value is -1.42. The number of hydroxylamine groups is 1. The van der Waals surface area contributed by atoms with E-state index in [0.29, 0.717) is 5.84 Å². The van der Waals surface area contributed by atoms with Crippen molar-refractivity contribution < 1.29 is 5.21 Å². The molecule has 1 heterocycles.